The molecule has 0 aliphatic rings. The van der Waals surface area contributed by atoms with Crippen molar-refractivity contribution in [3.05, 3.63) is 101 Å². The van der Waals surface area contributed by atoms with E-state index in [2.05, 4.69) is 68.4 Å². The van der Waals surface area contributed by atoms with E-state index in [4.69, 9.17) is 16.6 Å². The summed E-state index contributed by atoms with van der Waals surface area (Å²) < 4.78 is 0. The molecule has 3 aromatic carbocycles. The van der Waals surface area contributed by atoms with Crippen molar-refractivity contribution >= 4 is 23.4 Å². The minimum Gasteiger partial charge on any atom is -0.240 e. The van der Waals surface area contributed by atoms with Crippen LogP contribution in [0.1, 0.15) is 16.7 Å². The van der Waals surface area contributed by atoms with Crippen molar-refractivity contribution in [2.45, 2.75) is 23.8 Å². The predicted octanol–water partition coefficient (Wildman–Crippen LogP) is 7.71. The summed E-state index contributed by atoms with van der Waals surface area (Å²) >= 11 is 7.60. The molecule has 30 heavy (non-hydrogen) atoms. The summed E-state index contributed by atoms with van der Waals surface area (Å²) in [6.07, 6.45) is 0. The molecule has 0 saturated carbocycles. The van der Waals surface area contributed by atoms with E-state index in [9.17, 15) is 5.26 Å². The largest absolute Gasteiger partial charge is 0.240 e. The molecule has 2 nitrogen and oxygen atoms in total. The molecule has 1 aromatic heterocycles. The lowest BCUT2D eigenvalue weighted by molar-refractivity contribution is 1.12. The van der Waals surface area contributed by atoms with E-state index >= 15 is 0 Å². The third-order valence-corrected chi connectivity index (χ3v) is 6.08. The molecule has 146 valence electrons. The Bertz CT molecular complexity index is 1220. The molecule has 0 saturated heterocycles. The van der Waals surface area contributed by atoms with Crippen LogP contribution in [-0.4, -0.2) is 4.98 Å². The fourth-order valence-corrected chi connectivity index (χ4v) is 4.17. The number of nitrogens with zero attached hydrogens (tertiary/aromatic N) is 2. The summed E-state index contributed by atoms with van der Waals surface area (Å²) in [7, 11) is 0. The number of halogens is 1. The summed E-state index contributed by atoms with van der Waals surface area (Å²) in [6, 6.07) is 28.5. The molecule has 0 amide bonds. The number of pyridine rings is 1. The lowest BCUT2D eigenvalue weighted by Gasteiger charge is -2.13. The second-order valence-corrected chi connectivity index (χ2v) is 8.63. The maximum atomic E-state index is 10.0. The van der Waals surface area contributed by atoms with Crippen LogP contribution in [0.25, 0.3) is 22.4 Å². The van der Waals surface area contributed by atoms with Gasteiger partial charge in [-0.2, -0.15) is 5.26 Å². The zero-order valence-electron chi connectivity index (χ0n) is 16.7. The van der Waals surface area contributed by atoms with Gasteiger partial charge in [0.1, 0.15) is 11.1 Å². The average Bonchev–Trinajstić information content (AvgIpc) is 2.76. The van der Waals surface area contributed by atoms with Crippen molar-refractivity contribution in [1.29, 1.82) is 5.26 Å². The highest BCUT2D eigenvalue weighted by molar-refractivity contribution is 7.99. The Kier molecular flexibility index (Phi) is 5.90. The van der Waals surface area contributed by atoms with Crippen LogP contribution in [0.5, 0.6) is 0 Å². The smallest absolute Gasteiger partial charge is 0.120 e. The molecule has 4 heteroatoms. The van der Waals surface area contributed by atoms with Gasteiger partial charge in [0.25, 0.3) is 0 Å². The monoisotopic (exact) mass is 426 g/mol. The second kappa shape index (κ2) is 8.75. The van der Waals surface area contributed by atoms with Gasteiger partial charge in [-0.15, -0.1) is 0 Å². The van der Waals surface area contributed by atoms with Crippen molar-refractivity contribution < 1.29 is 0 Å². The first-order chi connectivity index (χ1) is 14.5. The first kappa shape index (κ1) is 20.2. The van der Waals surface area contributed by atoms with Crippen LogP contribution in [0.3, 0.4) is 0 Å². The van der Waals surface area contributed by atoms with Gasteiger partial charge in [0.05, 0.1) is 11.3 Å². The molecule has 1 heterocycles. The number of aromatic nitrogens is 1. The Hall–Kier alpha value is -3.06. The Morgan fingerprint density at radius 2 is 1.37 bits per heavy atom. The summed E-state index contributed by atoms with van der Waals surface area (Å²) in [5.41, 5.74) is 6.62. The quantitative estimate of drug-likeness (QED) is 0.335. The van der Waals surface area contributed by atoms with Gasteiger partial charge in [-0.1, -0.05) is 83.0 Å². The molecular formula is C26H19ClN2S. The lowest BCUT2D eigenvalue weighted by Crippen LogP contribution is -1.96. The first-order valence-electron chi connectivity index (χ1n) is 9.56. The van der Waals surface area contributed by atoms with E-state index in [1.54, 1.807) is 0 Å². The summed E-state index contributed by atoms with van der Waals surface area (Å²) in [4.78, 5) is 5.93. The fourth-order valence-electron chi connectivity index (χ4n) is 3.15. The van der Waals surface area contributed by atoms with Gasteiger partial charge in [-0.05, 0) is 49.7 Å². The number of rotatable bonds is 4. The number of hydrogen-bond donors (Lipinski definition) is 0. The predicted molar refractivity (Wildman–Crippen MR) is 125 cm³/mol. The topological polar surface area (TPSA) is 36.7 Å². The van der Waals surface area contributed by atoms with Gasteiger partial charge in [-0.25, -0.2) is 4.98 Å². The molecule has 0 aliphatic heterocycles. The van der Waals surface area contributed by atoms with E-state index in [0.29, 0.717) is 15.6 Å². The highest BCUT2D eigenvalue weighted by atomic mass is 35.5. The third kappa shape index (κ3) is 4.41. The summed E-state index contributed by atoms with van der Waals surface area (Å²) in [5.74, 6) is 0. The van der Waals surface area contributed by atoms with E-state index < -0.39 is 0 Å². The molecule has 4 rings (SSSR count). The van der Waals surface area contributed by atoms with Gasteiger partial charge in [0.15, 0.2) is 0 Å². The molecule has 4 aromatic rings. The summed E-state index contributed by atoms with van der Waals surface area (Å²) in [5, 5.41) is 11.4. The van der Waals surface area contributed by atoms with Crippen LogP contribution >= 0.6 is 23.4 Å². The highest BCUT2D eigenvalue weighted by Crippen LogP contribution is 2.37. The van der Waals surface area contributed by atoms with Crippen LogP contribution in [-0.2, 0) is 0 Å². The maximum absolute atomic E-state index is 10.0. The number of nitriles is 1. The Labute approximate surface area is 186 Å². The standard InChI is InChI=1S/C26H19ClN2S/c1-17-3-7-20(8-4-17)25-15-23(19-9-11-21(27)12-10-19)24(16-28)26(29-25)30-22-13-5-18(2)6-14-22/h3-15H,1-2H3. The Morgan fingerprint density at radius 1 is 0.800 bits per heavy atom. The van der Waals surface area contributed by atoms with Crippen molar-refractivity contribution in [3.63, 3.8) is 0 Å². The van der Waals surface area contributed by atoms with Crippen molar-refractivity contribution in [1.82, 2.24) is 4.98 Å². The van der Waals surface area contributed by atoms with E-state index in [0.717, 1.165) is 27.3 Å². The fraction of sp³-hybridized carbons (Fsp3) is 0.0769. The van der Waals surface area contributed by atoms with Crippen LogP contribution in [0.4, 0.5) is 0 Å². The lowest BCUT2D eigenvalue weighted by atomic mass is 9.99. The van der Waals surface area contributed by atoms with Crippen LogP contribution < -0.4 is 0 Å². The van der Waals surface area contributed by atoms with Crippen LogP contribution in [0.15, 0.2) is 88.8 Å². The normalized spacial score (nSPS) is 10.6. The zero-order valence-corrected chi connectivity index (χ0v) is 18.3. The maximum Gasteiger partial charge on any atom is 0.120 e. The van der Waals surface area contributed by atoms with Crippen LogP contribution in [0, 0.1) is 25.2 Å². The van der Waals surface area contributed by atoms with Crippen LogP contribution in [0.2, 0.25) is 5.02 Å². The van der Waals surface area contributed by atoms with Gasteiger partial charge in [0, 0.05) is 21.0 Å². The molecule has 0 fully saturated rings. The molecule has 0 radical (unpaired) electrons. The average molecular weight is 427 g/mol. The number of hydrogen-bond acceptors (Lipinski definition) is 3. The van der Waals surface area contributed by atoms with E-state index in [1.165, 1.54) is 22.9 Å². The molecule has 0 aliphatic carbocycles. The van der Waals surface area contributed by atoms with Crippen molar-refractivity contribution in [2.24, 2.45) is 0 Å². The van der Waals surface area contributed by atoms with Gasteiger partial charge >= 0.3 is 0 Å². The van der Waals surface area contributed by atoms with Gasteiger partial charge in [-0.3, -0.25) is 0 Å². The Morgan fingerprint density at radius 3 is 1.97 bits per heavy atom. The molecular weight excluding hydrogens is 408 g/mol. The zero-order chi connectivity index (χ0) is 21.1. The second-order valence-electron chi connectivity index (χ2n) is 7.14. The third-order valence-electron chi connectivity index (χ3n) is 4.84. The van der Waals surface area contributed by atoms with E-state index in [-0.39, 0.29) is 0 Å². The Balaban J connectivity index is 1.90. The molecule has 0 spiro atoms. The minimum atomic E-state index is 0.568. The molecule has 0 N–H and O–H groups in total. The molecule has 0 atom stereocenters. The molecule has 0 bridgehead atoms. The van der Waals surface area contributed by atoms with Gasteiger partial charge in [0.2, 0.25) is 0 Å². The van der Waals surface area contributed by atoms with E-state index in [1.807, 2.05) is 30.3 Å². The molecule has 0 unspecified atom stereocenters. The summed E-state index contributed by atoms with van der Waals surface area (Å²) in [6.45, 7) is 4.12. The van der Waals surface area contributed by atoms with Crippen molar-refractivity contribution in [3.8, 4) is 28.5 Å². The minimum absolute atomic E-state index is 0.568. The first-order valence-corrected chi connectivity index (χ1v) is 10.8. The SMILES string of the molecule is Cc1ccc(Sc2nc(-c3ccc(C)cc3)cc(-c3ccc(Cl)cc3)c2C#N)cc1. The van der Waals surface area contributed by atoms with Gasteiger partial charge < -0.3 is 0 Å². The number of aryl methyl sites for hydroxylation is 2. The van der Waals surface area contributed by atoms with Crippen molar-refractivity contribution in [2.75, 3.05) is 0 Å². The number of benzene rings is 3. The highest BCUT2D eigenvalue weighted by Gasteiger charge is 2.16.